The highest BCUT2D eigenvalue weighted by atomic mass is 16.2. The minimum Gasteiger partial charge on any atom is -0.317 e. The Bertz CT molecular complexity index is 303. The first-order valence-corrected chi connectivity index (χ1v) is 7.89. The van der Waals surface area contributed by atoms with Gasteiger partial charge in [0, 0.05) is 12.1 Å². The number of nitrogens with zero attached hydrogens (tertiary/aromatic N) is 1. The van der Waals surface area contributed by atoms with Crippen LogP contribution >= 0.6 is 0 Å². The molecule has 2 atom stereocenters. The molecule has 0 saturated carbocycles. The van der Waals surface area contributed by atoms with E-state index in [1.165, 1.54) is 19.3 Å². The van der Waals surface area contributed by atoms with Gasteiger partial charge in [-0.25, -0.2) is 5.01 Å². The summed E-state index contributed by atoms with van der Waals surface area (Å²) in [6.07, 6.45) is 6.52. The molecule has 0 spiro atoms. The van der Waals surface area contributed by atoms with Gasteiger partial charge in [0.1, 0.15) is 0 Å². The normalized spacial score (nSPS) is 31.9. The molecule has 2 aliphatic rings. The van der Waals surface area contributed by atoms with Crippen molar-refractivity contribution in [2.45, 2.75) is 71.4 Å². The SMILES string of the molecule is CCC1(C(=O)NN2C(C)CCCC2C)CCNCC1. The van der Waals surface area contributed by atoms with Crippen molar-refractivity contribution in [2.75, 3.05) is 13.1 Å². The van der Waals surface area contributed by atoms with Crippen molar-refractivity contribution in [1.82, 2.24) is 15.8 Å². The fourth-order valence-corrected chi connectivity index (χ4v) is 3.52. The molecule has 0 aliphatic carbocycles. The Morgan fingerprint density at radius 2 is 1.84 bits per heavy atom. The molecule has 1 amide bonds. The van der Waals surface area contributed by atoms with Gasteiger partial charge in [-0.1, -0.05) is 13.3 Å². The van der Waals surface area contributed by atoms with Gasteiger partial charge in [0.15, 0.2) is 0 Å². The van der Waals surface area contributed by atoms with Crippen molar-refractivity contribution in [3.05, 3.63) is 0 Å². The van der Waals surface area contributed by atoms with E-state index in [9.17, 15) is 4.79 Å². The quantitative estimate of drug-likeness (QED) is 0.822. The molecule has 2 saturated heterocycles. The lowest BCUT2D eigenvalue weighted by molar-refractivity contribution is -0.141. The molecular formula is C15H29N3O. The Hall–Kier alpha value is -0.610. The molecule has 0 aromatic rings. The van der Waals surface area contributed by atoms with Gasteiger partial charge in [-0.15, -0.1) is 0 Å². The molecule has 4 heteroatoms. The summed E-state index contributed by atoms with van der Waals surface area (Å²) in [4.78, 5) is 12.7. The molecule has 0 aromatic heterocycles. The van der Waals surface area contributed by atoms with Crippen molar-refractivity contribution in [3.63, 3.8) is 0 Å². The molecule has 0 aromatic carbocycles. The van der Waals surface area contributed by atoms with Crippen LogP contribution in [0.1, 0.15) is 59.3 Å². The standard InChI is InChI=1S/C15H29N3O/c1-4-15(8-10-16-11-9-15)14(19)17-18-12(2)6-5-7-13(18)3/h12-13,16H,4-11H2,1-3H3,(H,17,19). The largest absolute Gasteiger partial charge is 0.317 e. The summed E-state index contributed by atoms with van der Waals surface area (Å²) in [5.74, 6) is 0.247. The minimum absolute atomic E-state index is 0.151. The first-order valence-electron chi connectivity index (χ1n) is 7.89. The van der Waals surface area contributed by atoms with Gasteiger partial charge < -0.3 is 5.32 Å². The summed E-state index contributed by atoms with van der Waals surface area (Å²) < 4.78 is 0. The number of carbonyl (C=O) groups excluding carboxylic acids is 1. The zero-order chi connectivity index (χ0) is 13.9. The van der Waals surface area contributed by atoms with Gasteiger partial charge in [-0.05, 0) is 59.0 Å². The van der Waals surface area contributed by atoms with E-state index in [1.807, 2.05) is 0 Å². The number of piperidine rings is 2. The lowest BCUT2D eigenvalue weighted by Gasteiger charge is -2.42. The van der Waals surface area contributed by atoms with E-state index in [2.05, 4.69) is 36.5 Å². The van der Waals surface area contributed by atoms with E-state index >= 15 is 0 Å². The highest BCUT2D eigenvalue weighted by Gasteiger charge is 2.39. The third-order valence-electron chi connectivity index (χ3n) is 5.14. The number of rotatable bonds is 3. The van der Waals surface area contributed by atoms with Crippen molar-refractivity contribution in [3.8, 4) is 0 Å². The second-order valence-electron chi connectivity index (χ2n) is 6.36. The average molecular weight is 267 g/mol. The first kappa shape index (κ1) is 14.8. The summed E-state index contributed by atoms with van der Waals surface area (Å²) in [6, 6.07) is 0.923. The second-order valence-corrected chi connectivity index (χ2v) is 6.36. The number of hydrogen-bond acceptors (Lipinski definition) is 3. The van der Waals surface area contributed by atoms with Crippen LogP contribution in [0.4, 0.5) is 0 Å². The van der Waals surface area contributed by atoms with E-state index in [4.69, 9.17) is 0 Å². The fraction of sp³-hybridized carbons (Fsp3) is 0.933. The van der Waals surface area contributed by atoms with Gasteiger partial charge in [-0.3, -0.25) is 10.2 Å². The Morgan fingerprint density at radius 3 is 2.37 bits per heavy atom. The van der Waals surface area contributed by atoms with E-state index in [0.717, 1.165) is 32.4 Å². The molecule has 2 rings (SSSR count). The van der Waals surface area contributed by atoms with Crippen LogP contribution in [0.5, 0.6) is 0 Å². The number of carbonyl (C=O) groups is 1. The van der Waals surface area contributed by atoms with Gasteiger partial charge >= 0.3 is 0 Å². The maximum atomic E-state index is 12.7. The third-order valence-corrected chi connectivity index (χ3v) is 5.14. The van der Waals surface area contributed by atoms with Crippen molar-refractivity contribution >= 4 is 5.91 Å². The van der Waals surface area contributed by atoms with E-state index in [-0.39, 0.29) is 11.3 Å². The van der Waals surface area contributed by atoms with Crippen molar-refractivity contribution in [1.29, 1.82) is 0 Å². The van der Waals surface area contributed by atoms with E-state index < -0.39 is 0 Å². The third kappa shape index (κ3) is 3.11. The highest BCUT2D eigenvalue weighted by molar-refractivity contribution is 5.82. The number of amides is 1. The Kier molecular flexibility index (Phi) is 4.85. The van der Waals surface area contributed by atoms with Crippen molar-refractivity contribution < 1.29 is 4.79 Å². The predicted octanol–water partition coefficient (Wildman–Crippen LogP) is 2.06. The molecule has 2 fully saturated rings. The molecule has 0 bridgehead atoms. The summed E-state index contributed by atoms with van der Waals surface area (Å²) >= 11 is 0. The van der Waals surface area contributed by atoms with Crippen LogP contribution in [0, 0.1) is 5.41 Å². The van der Waals surface area contributed by atoms with Crippen LogP contribution in [0.15, 0.2) is 0 Å². The topological polar surface area (TPSA) is 44.4 Å². The van der Waals surface area contributed by atoms with E-state index in [0.29, 0.717) is 12.1 Å². The van der Waals surface area contributed by atoms with Crippen LogP contribution < -0.4 is 10.7 Å². The molecule has 19 heavy (non-hydrogen) atoms. The molecule has 2 aliphatic heterocycles. The predicted molar refractivity (Wildman–Crippen MR) is 77.6 cm³/mol. The van der Waals surface area contributed by atoms with Gasteiger partial charge in [0.2, 0.25) is 5.91 Å². The second kappa shape index (κ2) is 6.23. The molecule has 110 valence electrons. The molecule has 2 heterocycles. The van der Waals surface area contributed by atoms with Crippen molar-refractivity contribution in [2.24, 2.45) is 5.41 Å². The van der Waals surface area contributed by atoms with Gasteiger partial charge in [0.25, 0.3) is 0 Å². The van der Waals surface area contributed by atoms with Gasteiger partial charge in [0.05, 0.1) is 5.41 Å². The van der Waals surface area contributed by atoms with E-state index in [1.54, 1.807) is 0 Å². The lowest BCUT2D eigenvalue weighted by atomic mass is 9.76. The van der Waals surface area contributed by atoms with Crippen LogP contribution in [-0.4, -0.2) is 36.1 Å². The monoisotopic (exact) mass is 267 g/mol. The number of hydrogen-bond donors (Lipinski definition) is 2. The van der Waals surface area contributed by atoms with Gasteiger partial charge in [-0.2, -0.15) is 0 Å². The van der Waals surface area contributed by atoms with Crippen LogP contribution in [0.25, 0.3) is 0 Å². The number of nitrogens with one attached hydrogen (secondary N) is 2. The molecule has 2 N–H and O–H groups in total. The lowest BCUT2D eigenvalue weighted by Crippen LogP contribution is -2.58. The highest BCUT2D eigenvalue weighted by Crippen LogP contribution is 2.33. The first-order chi connectivity index (χ1) is 9.09. The van der Waals surface area contributed by atoms with Crippen LogP contribution in [-0.2, 0) is 4.79 Å². The zero-order valence-corrected chi connectivity index (χ0v) is 12.7. The fourth-order valence-electron chi connectivity index (χ4n) is 3.52. The maximum Gasteiger partial charge on any atom is 0.240 e. The number of hydrazine groups is 1. The summed E-state index contributed by atoms with van der Waals surface area (Å²) in [7, 11) is 0. The summed E-state index contributed by atoms with van der Waals surface area (Å²) in [6.45, 7) is 8.51. The molecule has 0 radical (unpaired) electrons. The smallest absolute Gasteiger partial charge is 0.240 e. The summed E-state index contributed by atoms with van der Waals surface area (Å²) in [5, 5.41) is 5.56. The van der Waals surface area contributed by atoms with Crippen LogP contribution in [0.3, 0.4) is 0 Å². The maximum absolute atomic E-state index is 12.7. The van der Waals surface area contributed by atoms with Crippen LogP contribution in [0.2, 0.25) is 0 Å². The Labute approximate surface area is 117 Å². The Balaban J connectivity index is 2.02. The Morgan fingerprint density at radius 1 is 1.26 bits per heavy atom. The summed E-state index contributed by atoms with van der Waals surface area (Å²) in [5.41, 5.74) is 3.10. The molecule has 4 nitrogen and oxygen atoms in total. The zero-order valence-electron chi connectivity index (χ0n) is 12.7. The average Bonchev–Trinajstić information content (AvgIpc) is 2.43. The molecular weight excluding hydrogens is 238 g/mol. The minimum atomic E-state index is -0.151. The molecule has 2 unspecified atom stereocenters.